The molecule has 2 rings (SSSR count). The molecular formula is C17H22N4O. The lowest BCUT2D eigenvalue weighted by Gasteiger charge is -2.11. The van der Waals surface area contributed by atoms with Gasteiger partial charge in [0.25, 0.3) is 5.91 Å². The largest absolute Gasteiger partial charge is 0.348 e. The second kappa shape index (κ2) is 7.02. The van der Waals surface area contributed by atoms with Crippen LogP contribution in [0.25, 0.3) is 0 Å². The molecule has 0 saturated heterocycles. The van der Waals surface area contributed by atoms with Gasteiger partial charge < -0.3 is 4.57 Å². The van der Waals surface area contributed by atoms with E-state index in [-0.39, 0.29) is 5.91 Å². The first kappa shape index (κ1) is 15.9. The lowest BCUT2D eigenvalue weighted by atomic mass is 10.2. The molecule has 1 amide bonds. The van der Waals surface area contributed by atoms with Crippen LogP contribution < -0.4 is 5.43 Å². The predicted molar refractivity (Wildman–Crippen MR) is 88.0 cm³/mol. The third-order valence-corrected chi connectivity index (χ3v) is 3.47. The summed E-state index contributed by atoms with van der Waals surface area (Å²) in [5.74, 6) is 0.343. The number of nitrogens with zero attached hydrogens (tertiary/aromatic N) is 3. The molecule has 0 spiro atoms. The molecule has 0 aliphatic carbocycles. The molecule has 2 aromatic rings. The Hall–Kier alpha value is -2.43. The van der Waals surface area contributed by atoms with E-state index in [9.17, 15) is 4.79 Å². The lowest BCUT2D eigenvalue weighted by Crippen LogP contribution is -2.17. The summed E-state index contributed by atoms with van der Waals surface area (Å²) in [7, 11) is 0. The first-order valence-corrected chi connectivity index (χ1v) is 7.39. The Morgan fingerprint density at radius 3 is 2.68 bits per heavy atom. The van der Waals surface area contributed by atoms with E-state index < -0.39 is 0 Å². The molecule has 0 atom stereocenters. The van der Waals surface area contributed by atoms with Gasteiger partial charge in [-0.25, -0.2) is 5.43 Å². The molecule has 0 radical (unpaired) electrons. The van der Waals surface area contributed by atoms with Crippen LogP contribution in [0.15, 0.2) is 35.7 Å². The third-order valence-electron chi connectivity index (χ3n) is 3.47. The number of pyridine rings is 1. The van der Waals surface area contributed by atoms with E-state index in [1.54, 1.807) is 30.7 Å². The first-order valence-electron chi connectivity index (χ1n) is 7.39. The van der Waals surface area contributed by atoms with Gasteiger partial charge in [0.15, 0.2) is 0 Å². The minimum absolute atomic E-state index is 0.241. The highest BCUT2D eigenvalue weighted by atomic mass is 16.2. The fraction of sp³-hybridized carbons (Fsp3) is 0.353. The van der Waals surface area contributed by atoms with Crippen molar-refractivity contribution >= 4 is 12.1 Å². The van der Waals surface area contributed by atoms with E-state index in [1.807, 2.05) is 0 Å². The van der Waals surface area contributed by atoms with Gasteiger partial charge >= 0.3 is 0 Å². The first-order chi connectivity index (χ1) is 10.5. The molecule has 2 heterocycles. The summed E-state index contributed by atoms with van der Waals surface area (Å²) in [5, 5.41) is 4.05. The van der Waals surface area contributed by atoms with Crippen molar-refractivity contribution in [2.75, 3.05) is 0 Å². The predicted octanol–water partition coefficient (Wildman–Crippen LogP) is 2.92. The van der Waals surface area contributed by atoms with E-state index in [2.05, 4.69) is 53.8 Å². The van der Waals surface area contributed by atoms with Gasteiger partial charge in [-0.05, 0) is 38.0 Å². The molecule has 0 unspecified atom stereocenters. The Bertz CT molecular complexity index is 671. The second-order valence-electron chi connectivity index (χ2n) is 5.77. The Kier molecular flexibility index (Phi) is 5.09. The van der Waals surface area contributed by atoms with Crippen molar-refractivity contribution in [1.82, 2.24) is 15.0 Å². The molecular weight excluding hydrogens is 276 g/mol. The topological polar surface area (TPSA) is 59.3 Å². The SMILES string of the molecule is Cc1cc(C=NNC(=O)c2ccncc2)c(C)n1CC(C)C. The Morgan fingerprint density at radius 2 is 2.05 bits per heavy atom. The number of aryl methyl sites for hydroxylation is 1. The van der Waals surface area contributed by atoms with Gasteiger partial charge in [-0.2, -0.15) is 5.10 Å². The number of hydrogen-bond donors (Lipinski definition) is 1. The second-order valence-corrected chi connectivity index (χ2v) is 5.77. The van der Waals surface area contributed by atoms with E-state index in [4.69, 9.17) is 0 Å². The van der Waals surface area contributed by atoms with Crippen LogP contribution in [0.5, 0.6) is 0 Å². The number of hydrazone groups is 1. The summed E-state index contributed by atoms with van der Waals surface area (Å²) < 4.78 is 2.27. The van der Waals surface area contributed by atoms with Gasteiger partial charge in [-0.15, -0.1) is 0 Å². The van der Waals surface area contributed by atoms with Crippen LogP contribution in [0.1, 0.15) is 41.2 Å². The maximum absolute atomic E-state index is 11.9. The fourth-order valence-corrected chi connectivity index (χ4v) is 2.33. The monoisotopic (exact) mass is 298 g/mol. The highest BCUT2D eigenvalue weighted by Gasteiger charge is 2.09. The summed E-state index contributed by atoms with van der Waals surface area (Å²) >= 11 is 0. The van der Waals surface area contributed by atoms with Crippen LogP contribution in [0.3, 0.4) is 0 Å². The van der Waals surface area contributed by atoms with Gasteiger partial charge in [0, 0.05) is 41.5 Å². The number of carbonyl (C=O) groups excluding carboxylic acids is 1. The van der Waals surface area contributed by atoms with Gasteiger partial charge in [0.05, 0.1) is 6.21 Å². The molecule has 5 nitrogen and oxygen atoms in total. The highest BCUT2D eigenvalue weighted by Crippen LogP contribution is 2.15. The quantitative estimate of drug-likeness (QED) is 0.681. The van der Waals surface area contributed by atoms with Crippen LogP contribution in [0, 0.1) is 19.8 Å². The number of nitrogens with one attached hydrogen (secondary N) is 1. The summed E-state index contributed by atoms with van der Waals surface area (Å²) in [6.45, 7) is 9.53. The van der Waals surface area contributed by atoms with Crippen LogP contribution >= 0.6 is 0 Å². The van der Waals surface area contributed by atoms with Crippen molar-refractivity contribution in [3.05, 3.63) is 53.1 Å². The number of carbonyl (C=O) groups is 1. The van der Waals surface area contributed by atoms with Crippen molar-refractivity contribution in [1.29, 1.82) is 0 Å². The van der Waals surface area contributed by atoms with Crippen molar-refractivity contribution in [3.63, 3.8) is 0 Å². The smallest absolute Gasteiger partial charge is 0.271 e. The van der Waals surface area contributed by atoms with Crippen molar-refractivity contribution in [2.24, 2.45) is 11.0 Å². The molecule has 0 aliphatic rings. The van der Waals surface area contributed by atoms with Crippen LogP contribution in [-0.2, 0) is 6.54 Å². The summed E-state index contributed by atoms with van der Waals surface area (Å²) in [5.41, 5.74) is 6.46. The zero-order chi connectivity index (χ0) is 16.1. The number of amides is 1. The van der Waals surface area contributed by atoms with E-state index in [1.165, 1.54) is 5.69 Å². The zero-order valence-corrected chi connectivity index (χ0v) is 13.5. The number of aromatic nitrogens is 2. The number of hydrogen-bond acceptors (Lipinski definition) is 3. The zero-order valence-electron chi connectivity index (χ0n) is 13.5. The van der Waals surface area contributed by atoms with E-state index >= 15 is 0 Å². The fourth-order valence-electron chi connectivity index (χ4n) is 2.33. The molecule has 0 aliphatic heterocycles. The lowest BCUT2D eigenvalue weighted by molar-refractivity contribution is 0.0955. The third kappa shape index (κ3) is 3.81. The molecule has 0 aromatic carbocycles. The Labute approximate surface area is 131 Å². The maximum atomic E-state index is 11.9. The average Bonchev–Trinajstić information content (AvgIpc) is 2.75. The minimum Gasteiger partial charge on any atom is -0.348 e. The Balaban J connectivity index is 2.06. The molecule has 1 N–H and O–H groups in total. The van der Waals surface area contributed by atoms with Crippen LogP contribution in [-0.4, -0.2) is 21.7 Å². The molecule has 22 heavy (non-hydrogen) atoms. The van der Waals surface area contributed by atoms with Gasteiger partial charge in [-0.3, -0.25) is 9.78 Å². The van der Waals surface area contributed by atoms with E-state index in [0.29, 0.717) is 11.5 Å². The molecule has 0 saturated carbocycles. The highest BCUT2D eigenvalue weighted by molar-refractivity contribution is 5.94. The van der Waals surface area contributed by atoms with Crippen LogP contribution in [0.2, 0.25) is 0 Å². The van der Waals surface area contributed by atoms with Gasteiger partial charge in [-0.1, -0.05) is 13.8 Å². The summed E-state index contributed by atoms with van der Waals surface area (Å²) in [6, 6.07) is 5.39. The van der Waals surface area contributed by atoms with Crippen molar-refractivity contribution in [3.8, 4) is 0 Å². The number of rotatable bonds is 5. The molecule has 0 fully saturated rings. The maximum Gasteiger partial charge on any atom is 0.271 e. The van der Waals surface area contributed by atoms with E-state index in [0.717, 1.165) is 17.8 Å². The summed E-state index contributed by atoms with van der Waals surface area (Å²) in [6.07, 6.45) is 4.86. The van der Waals surface area contributed by atoms with Crippen molar-refractivity contribution < 1.29 is 4.79 Å². The van der Waals surface area contributed by atoms with Gasteiger partial charge in [0.1, 0.15) is 0 Å². The summed E-state index contributed by atoms with van der Waals surface area (Å²) in [4.78, 5) is 15.8. The average molecular weight is 298 g/mol. The molecule has 116 valence electrons. The Morgan fingerprint density at radius 1 is 1.36 bits per heavy atom. The molecule has 2 aromatic heterocycles. The van der Waals surface area contributed by atoms with Crippen molar-refractivity contribution in [2.45, 2.75) is 34.2 Å². The molecule has 0 bridgehead atoms. The van der Waals surface area contributed by atoms with Gasteiger partial charge in [0.2, 0.25) is 0 Å². The normalized spacial score (nSPS) is 11.3. The van der Waals surface area contributed by atoms with Crippen LogP contribution in [0.4, 0.5) is 0 Å². The minimum atomic E-state index is -0.241. The molecule has 5 heteroatoms. The standard InChI is InChI=1S/C17H22N4O/c1-12(2)11-21-13(3)9-16(14(21)4)10-19-20-17(22)15-5-7-18-8-6-15/h5-10,12H,11H2,1-4H3,(H,20,22).